The second-order valence-corrected chi connectivity index (χ2v) is 5.08. The predicted molar refractivity (Wildman–Crippen MR) is 72.4 cm³/mol. The molecule has 1 aliphatic carbocycles. The molecule has 1 fully saturated rings. The highest BCUT2D eigenvalue weighted by Gasteiger charge is 2.28. The third-order valence-corrected chi connectivity index (χ3v) is 3.64. The summed E-state index contributed by atoms with van der Waals surface area (Å²) in [6, 6.07) is 10.3. The van der Waals surface area contributed by atoms with Gasteiger partial charge in [-0.25, -0.2) is 0 Å². The van der Waals surface area contributed by atoms with Crippen molar-refractivity contribution < 1.29 is 4.79 Å². The van der Waals surface area contributed by atoms with Crippen LogP contribution in [0.5, 0.6) is 0 Å². The molecule has 18 heavy (non-hydrogen) atoms. The van der Waals surface area contributed by atoms with Gasteiger partial charge in [0.1, 0.15) is 5.78 Å². The summed E-state index contributed by atoms with van der Waals surface area (Å²) < 4.78 is 0. The Hall–Kier alpha value is -1.70. The number of pyridine rings is 1. The maximum atomic E-state index is 11.6. The van der Waals surface area contributed by atoms with Crippen molar-refractivity contribution >= 4 is 16.7 Å². The Morgan fingerprint density at radius 1 is 1.22 bits per heavy atom. The second kappa shape index (κ2) is 4.89. The van der Waals surface area contributed by atoms with Crippen LogP contribution in [-0.4, -0.2) is 10.8 Å². The van der Waals surface area contributed by atoms with Crippen molar-refractivity contribution in [3.8, 4) is 0 Å². The Morgan fingerprint density at radius 2 is 2.06 bits per heavy atom. The van der Waals surface area contributed by atoms with Gasteiger partial charge in [-0.2, -0.15) is 0 Å². The van der Waals surface area contributed by atoms with Gasteiger partial charge in [0.25, 0.3) is 0 Å². The molecule has 0 N–H and O–H groups in total. The van der Waals surface area contributed by atoms with E-state index in [9.17, 15) is 4.79 Å². The number of para-hydroxylation sites is 1. The number of hydrogen-bond acceptors (Lipinski definition) is 2. The van der Waals surface area contributed by atoms with Crippen molar-refractivity contribution in [1.29, 1.82) is 0 Å². The molecule has 92 valence electrons. The topological polar surface area (TPSA) is 30.0 Å². The number of carbonyl (C=O) groups excluding carboxylic acids is 1. The fraction of sp³-hybridized carbons (Fsp3) is 0.375. The monoisotopic (exact) mass is 239 g/mol. The maximum absolute atomic E-state index is 11.6. The molecule has 0 spiro atoms. The third kappa shape index (κ3) is 2.42. The quantitative estimate of drug-likeness (QED) is 0.798. The molecule has 3 rings (SSSR count). The van der Waals surface area contributed by atoms with Crippen molar-refractivity contribution in [2.75, 3.05) is 0 Å². The lowest BCUT2D eigenvalue weighted by molar-refractivity contribution is -0.120. The van der Waals surface area contributed by atoms with Gasteiger partial charge in [-0.3, -0.25) is 9.78 Å². The maximum Gasteiger partial charge on any atom is 0.135 e. The average molecular weight is 239 g/mol. The third-order valence-electron chi connectivity index (χ3n) is 3.64. The van der Waals surface area contributed by atoms with Crippen LogP contribution in [0.3, 0.4) is 0 Å². The van der Waals surface area contributed by atoms with E-state index < -0.39 is 0 Å². The van der Waals surface area contributed by atoms with Crippen LogP contribution in [0.2, 0.25) is 0 Å². The first kappa shape index (κ1) is 11.4. The molecular weight excluding hydrogens is 222 g/mol. The number of ketones is 1. The Kier molecular flexibility index (Phi) is 3.09. The predicted octanol–water partition coefficient (Wildman–Crippen LogP) is 3.54. The highest BCUT2D eigenvalue weighted by atomic mass is 16.1. The summed E-state index contributed by atoms with van der Waals surface area (Å²) in [6.07, 6.45) is 6.78. The Morgan fingerprint density at radius 3 is 2.89 bits per heavy atom. The second-order valence-electron chi connectivity index (χ2n) is 5.08. The van der Waals surface area contributed by atoms with Crippen LogP contribution in [0.25, 0.3) is 10.9 Å². The number of carbonyl (C=O) groups is 1. The van der Waals surface area contributed by atoms with Crippen molar-refractivity contribution in [2.45, 2.75) is 32.1 Å². The summed E-state index contributed by atoms with van der Waals surface area (Å²) in [5.41, 5.74) is 2.35. The summed E-state index contributed by atoms with van der Waals surface area (Å²) in [5.74, 6) is 0.868. The minimum absolute atomic E-state index is 0.402. The molecule has 0 bridgehead atoms. The summed E-state index contributed by atoms with van der Waals surface area (Å²) in [7, 11) is 0. The van der Waals surface area contributed by atoms with E-state index in [4.69, 9.17) is 0 Å². The first-order chi connectivity index (χ1) is 8.84. The molecular formula is C16H17NO. The van der Waals surface area contributed by atoms with Crippen molar-refractivity contribution in [2.24, 2.45) is 5.92 Å². The van der Waals surface area contributed by atoms with E-state index in [1.165, 1.54) is 10.9 Å². The minimum Gasteiger partial charge on any atom is -0.299 e. The molecule has 0 atom stereocenters. The van der Waals surface area contributed by atoms with Crippen LogP contribution in [0.1, 0.15) is 31.2 Å². The van der Waals surface area contributed by atoms with Gasteiger partial charge in [0.15, 0.2) is 0 Å². The number of hydrogen-bond donors (Lipinski definition) is 0. The number of aromatic nitrogens is 1. The molecule has 1 saturated carbocycles. The minimum atomic E-state index is 0.402. The van der Waals surface area contributed by atoms with Crippen molar-refractivity contribution in [3.63, 3.8) is 0 Å². The van der Waals surface area contributed by atoms with E-state index in [1.807, 2.05) is 24.4 Å². The molecule has 0 unspecified atom stereocenters. The average Bonchev–Trinajstić information content (AvgIpc) is 3.23. The van der Waals surface area contributed by atoms with Gasteiger partial charge in [-0.05, 0) is 43.4 Å². The first-order valence-corrected chi connectivity index (χ1v) is 6.70. The Balaban J connectivity index is 1.68. The van der Waals surface area contributed by atoms with E-state index in [1.54, 1.807) is 0 Å². The fourth-order valence-electron chi connectivity index (χ4n) is 2.44. The standard InChI is InChI=1S/C16H17NO/c18-16(13-8-9-13)7-3-4-12-10-11-17-15-6-2-1-5-14(12)15/h1-2,5-6,10-11,13H,3-4,7-9H2. The summed E-state index contributed by atoms with van der Waals surface area (Å²) in [5, 5.41) is 1.22. The fourth-order valence-corrected chi connectivity index (χ4v) is 2.44. The largest absolute Gasteiger partial charge is 0.299 e. The zero-order valence-corrected chi connectivity index (χ0v) is 10.4. The molecule has 1 heterocycles. The molecule has 0 amide bonds. The number of benzene rings is 1. The molecule has 1 aromatic heterocycles. The van der Waals surface area contributed by atoms with Gasteiger partial charge in [0, 0.05) is 23.9 Å². The molecule has 0 saturated heterocycles. The molecule has 0 aliphatic heterocycles. The van der Waals surface area contributed by atoms with Crippen LogP contribution in [0.15, 0.2) is 36.5 Å². The van der Waals surface area contributed by atoms with Gasteiger partial charge in [-0.15, -0.1) is 0 Å². The molecule has 2 nitrogen and oxygen atoms in total. The molecule has 1 aliphatic rings. The van der Waals surface area contributed by atoms with Gasteiger partial charge < -0.3 is 0 Å². The van der Waals surface area contributed by atoms with Crippen molar-refractivity contribution in [1.82, 2.24) is 4.98 Å². The van der Waals surface area contributed by atoms with Crippen LogP contribution in [0.4, 0.5) is 0 Å². The van der Waals surface area contributed by atoms with Gasteiger partial charge >= 0.3 is 0 Å². The highest BCUT2D eigenvalue weighted by molar-refractivity contribution is 5.83. The molecule has 1 aromatic carbocycles. The van der Waals surface area contributed by atoms with E-state index in [2.05, 4.69) is 17.1 Å². The number of aryl methyl sites for hydroxylation is 1. The van der Waals surface area contributed by atoms with E-state index in [-0.39, 0.29) is 0 Å². The zero-order chi connectivity index (χ0) is 12.4. The van der Waals surface area contributed by atoms with E-state index in [0.717, 1.165) is 37.6 Å². The number of rotatable bonds is 5. The van der Waals surface area contributed by atoms with Crippen LogP contribution in [-0.2, 0) is 11.2 Å². The Labute approximate surface area is 107 Å². The smallest absolute Gasteiger partial charge is 0.135 e. The van der Waals surface area contributed by atoms with E-state index >= 15 is 0 Å². The number of fused-ring (bicyclic) bond motifs is 1. The lowest BCUT2D eigenvalue weighted by Crippen LogP contribution is -2.01. The van der Waals surface area contributed by atoms with Crippen molar-refractivity contribution in [3.05, 3.63) is 42.1 Å². The van der Waals surface area contributed by atoms with Gasteiger partial charge in [0.05, 0.1) is 5.52 Å². The summed E-state index contributed by atoms with van der Waals surface area (Å²) in [6.45, 7) is 0. The highest BCUT2D eigenvalue weighted by Crippen LogP contribution is 2.31. The normalized spacial score (nSPS) is 14.9. The summed E-state index contributed by atoms with van der Waals surface area (Å²) in [4.78, 5) is 16.0. The summed E-state index contributed by atoms with van der Waals surface area (Å²) >= 11 is 0. The lowest BCUT2D eigenvalue weighted by atomic mass is 10.0. The van der Waals surface area contributed by atoms with Gasteiger partial charge in [-0.1, -0.05) is 18.2 Å². The first-order valence-electron chi connectivity index (χ1n) is 6.70. The van der Waals surface area contributed by atoms with E-state index in [0.29, 0.717) is 11.7 Å². The molecule has 2 heteroatoms. The SMILES string of the molecule is O=C(CCCc1ccnc2ccccc12)C1CC1. The van der Waals surface area contributed by atoms with Crippen LogP contribution < -0.4 is 0 Å². The molecule has 2 aromatic rings. The zero-order valence-electron chi connectivity index (χ0n) is 10.4. The lowest BCUT2D eigenvalue weighted by Gasteiger charge is -2.05. The number of Topliss-reactive ketones (excluding diaryl/α,β-unsaturated/α-hetero) is 1. The van der Waals surface area contributed by atoms with Gasteiger partial charge in [0.2, 0.25) is 0 Å². The molecule has 0 radical (unpaired) electrons. The van der Waals surface area contributed by atoms with Crippen LogP contribution in [0, 0.1) is 5.92 Å². The Bertz CT molecular complexity index is 567. The number of nitrogens with zero attached hydrogens (tertiary/aromatic N) is 1. The van der Waals surface area contributed by atoms with Crippen LogP contribution >= 0.6 is 0 Å².